The maximum Gasteiger partial charge on any atom is 0.0640 e. The molecule has 2 N–H and O–H groups in total. The Hall–Kier alpha value is -1.53. The van der Waals surface area contributed by atoms with Crippen molar-refractivity contribution < 1.29 is 0 Å². The first-order valence-corrected chi connectivity index (χ1v) is 6.06. The molecule has 0 spiro atoms. The Kier molecular flexibility index (Phi) is 4.99. The van der Waals surface area contributed by atoms with E-state index >= 15 is 0 Å². The quantitative estimate of drug-likeness (QED) is 0.847. The summed E-state index contributed by atoms with van der Waals surface area (Å²) in [5, 5.41) is 8.72. The largest absolute Gasteiger partial charge is 0.368 e. The Morgan fingerprint density at radius 2 is 1.94 bits per heavy atom. The van der Waals surface area contributed by atoms with Gasteiger partial charge in [-0.05, 0) is 32.4 Å². The minimum Gasteiger partial charge on any atom is -0.368 e. The maximum atomic E-state index is 8.72. The van der Waals surface area contributed by atoms with E-state index in [9.17, 15) is 0 Å². The molecule has 0 aliphatic rings. The third kappa shape index (κ3) is 3.47. The van der Waals surface area contributed by atoms with E-state index in [0.717, 1.165) is 17.8 Å². The molecule has 0 fully saturated rings. The van der Waals surface area contributed by atoms with Gasteiger partial charge in [-0.25, -0.2) is 0 Å². The van der Waals surface area contributed by atoms with Crippen LogP contribution in [0.2, 0.25) is 0 Å². The molecule has 92 valence electrons. The van der Waals surface area contributed by atoms with Crippen LogP contribution in [0, 0.1) is 11.3 Å². The molecule has 3 nitrogen and oxygen atoms in total. The van der Waals surface area contributed by atoms with Crippen molar-refractivity contribution in [3.8, 4) is 6.07 Å². The van der Waals surface area contributed by atoms with Crippen LogP contribution in [0.5, 0.6) is 0 Å². The van der Waals surface area contributed by atoms with Crippen LogP contribution >= 0.6 is 0 Å². The molecule has 1 aromatic rings. The summed E-state index contributed by atoms with van der Waals surface area (Å²) in [6.45, 7) is 7.00. The van der Waals surface area contributed by atoms with Gasteiger partial charge in [0, 0.05) is 24.3 Å². The highest BCUT2D eigenvalue weighted by Gasteiger charge is 2.15. The van der Waals surface area contributed by atoms with E-state index in [-0.39, 0.29) is 6.04 Å². The van der Waals surface area contributed by atoms with Gasteiger partial charge in [-0.3, -0.25) is 0 Å². The Balaban J connectivity index is 3.05. The highest BCUT2D eigenvalue weighted by Crippen LogP contribution is 2.26. The second-order valence-electron chi connectivity index (χ2n) is 4.54. The summed E-state index contributed by atoms with van der Waals surface area (Å²) in [5.41, 5.74) is 8.27. The molecular formula is C14H21N3. The molecule has 1 rings (SSSR count). The molecule has 1 aromatic carbocycles. The van der Waals surface area contributed by atoms with Crippen molar-refractivity contribution in [2.45, 2.75) is 39.3 Å². The molecule has 3 heteroatoms. The third-order valence-corrected chi connectivity index (χ3v) is 2.82. The zero-order chi connectivity index (χ0) is 12.8. The van der Waals surface area contributed by atoms with E-state index < -0.39 is 0 Å². The fraction of sp³-hybridized carbons (Fsp3) is 0.500. The predicted octanol–water partition coefficient (Wildman–Crippen LogP) is 2.83. The van der Waals surface area contributed by atoms with Crippen LogP contribution in [0.15, 0.2) is 24.3 Å². The van der Waals surface area contributed by atoms with Crippen LogP contribution in [0.1, 0.15) is 38.8 Å². The van der Waals surface area contributed by atoms with Crippen LogP contribution in [0.3, 0.4) is 0 Å². The zero-order valence-corrected chi connectivity index (χ0v) is 10.9. The number of nitrogens with zero attached hydrogens (tertiary/aromatic N) is 2. The van der Waals surface area contributed by atoms with Crippen LogP contribution in [0.4, 0.5) is 5.69 Å². The zero-order valence-electron chi connectivity index (χ0n) is 10.9. The SMILES string of the molecule is CC(N)c1ccccc1N(CCC#N)C(C)C. The van der Waals surface area contributed by atoms with Crippen molar-refractivity contribution in [2.24, 2.45) is 5.73 Å². The lowest BCUT2D eigenvalue weighted by Gasteiger charge is -2.31. The minimum absolute atomic E-state index is 0.00883. The van der Waals surface area contributed by atoms with Crippen molar-refractivity contribution in [3.05, 3.63) is 29.8 Å². The summed E-state index contributed by atoms with van der Waals surface area (Å²) >= 11 is 0. The molecule has 1 atom stereocenters. The van der Waals surface area contributed by atoms with Gasteiger partial charge in [-0.15, -0.1) is 0 Å². The molecule has 1 unspecified atom stereocenters. The van der Waals surface area contributed by atoms with Crippen LogP contribution in [-0.4, -0.2) is 12.6 Å². The summed E-state index contributed by atoms with van der Waals surface area (Å²) in [4.78, 5) is 2.24. The number of hydrogen-bond acceptors (Lipinski definition) is 3. The van der Waals surface area contributed by atoms with Gasteiger partial charge in [-0.1, -0.05) is 18.2 Å². The molecule has 0 aliphatic heterocycles. The van der Waals surface area contributed by atoms with Crippen LogP contribution < -0.4 is 10.6 Å². The smallest absolute Gasteiger partial charge is 0.0640 e. The van der Waals surface area contributed by atoms with E-state index in [1.807, 2.05) is 19.1 Å². The first-order valence-electron chi connectivity index (χ1n) is 6.06. The second kappa shape index (κ2) is 6.27. The molecule has 0 amide bonds. The number of rotatable bonds is 5. The van der Waals surface area contributed by atoms with Crippen LogP contribution in [0.25, 0.3) is 0 Å². The van der Waals surface area contributed by atoms with Crippen molar-refractivity contribution in [2.75, 3.05) is 11.4 Å². The molecule has 0 heterocycles. The first-order chi connectivity index (χ1) is 8.07. The molecule has 0 bridgehead atoms. The van der Waals surface area contributed by atoms with E-state index in [1.165, 1.54) is 0 Å². The highest BCUT2D eigenvalue weighted by atomic mass is 15.2. The average Bonchev–Trinajstić information content (AvgIpc) is 2.29. The lowest BCUT2D eigenvalue weighted by atomic mass is 10.0. The summed E-state index contributed by atoms with van der Waals surface area (Å²) in [5.74, 6) is 0. The number of anilines is 1. The second-order valence-corrected chi connectivity index (χ2v) is 4.54. The van der Waals surface area contributed by atoms with Crippen molar-refractivity contribution in [3.63, 3.8) is 0 Å². The number of hydrogen-bond donors (Lipinski definition) is 1. The van der Waals surface area contributed by atoms with E-state index in [2.05, 4.69) is 36.9 Å². The number of nitriles is 1. The topological polar surface area (TPSA) is 53.0 Å². The monoisotopic (exact) mass is 231 g/mol. The maximum absolute atomic E-state index is 8.72. The molecular weight excluding hydrogens is 210 g/mol. The lowest BCUT2D eigenvalue weighted by molar-refractivity contribution is 0.676. The van der Waals surface area contributed by atoms with Gasteiger partial charge in [0.05, 0.1) is 12.5 Å². The van der Waals surface area contributed by atoms with E-state index in [0.29, 0.717) is 12.5 Å². The normalized spacial score (nSPS) is 12.2. The van der Waals surface area contributed by atoms with Crippen molar-refractivity contribution in [1.82, 2.24) is 0 Å². The summed E-state index contributed by atoms with van der Waals surface area (Å²) < 4.78 is 0. The van der Waals surface area contributed by atoms with Gasteiger partial charge < -0.3 is 10.6 Å². The molecule has 0 aromatic heterocycles. The molecule has 17 heavy (non-hydrogen) atoms. The average molecular weight is 231 g/mol. The summed E-state index contributed by atoms with van der Waals surface area (Å²) in [7, 11) is 0. The van der Waals surface area contributed by atoms with Gasteiger partial charge in [0.2, 0.25) is 0 Å². The number of para-hydroxylation sites is 1. The highest BCUT2D eigenvalue weighted by molar-refractivity contribution is 5.55. The number of nitrogens with two attached hydrogens (primary N) is 1. The number of benzene rings is 1. The first kappa shape index (κ1) is 13.5. The standard InChI is InChI=1S/C14H21N3/c1-11(2)17(10-6-9-15)14-8-5-4-7-13(14)12(3)16/h4-5,7-8,11-12H,6,10,16H2,1-3H3. The lowest BCUT2D eigenvalue weighted by Crippen LogP contribution is -2.33. The van der Waals surface area contributed by atoms with Gasteiger partial charge in [0.25, 0.3) is 0 Å². The van der Waals surface area contributed by atoms with Gasteiger partial charge in [0.15, 0.2) is 0 Å². The fourth-order valence-corrected chi connectivity index (χ4v) is 1.96. The summed E-state index contributed by atoms with van der Waals surface area (Å²) in [6, 6.07) is 10.7. The van der Waals surface area contributed by atoms with Crippen LogP contribution in [-0.2, 0) is 0 Å². The van der Waals surface area contributed by atoms with E-state index in [4.69, 9.17) is 11.0 Å². The van der Waals surface area contributed by atoms with Gasteiger partial charge in [-0.2, -0.15) is 5.26 Å². The fourth-order valence-electron chi connectivity index (χ4n) is 1.96. The predicted molar refractivity (Wildman–Crippen MR) is 71.8 cm³/mol. The third-order valence-electron chi connectivity index (χ3n) is 2.82. The van der Waals surface area contributed by atoms with E-state index in [1.54, 1.807) is 0 Å². The Morgan fingerprint density at radius 3 is 2.47 bits per heavy atom. The minimum atomic E-state index is 0.00883. The molecule has 0 aliphatic carbocycles. The molecule has 0 radical (unpaired) electrons. The summed E-state index contributed by atoms with van der Waals surface area (Å²) in [6.07, 6.45) is 0.533. The van der Waals surface area contributed by atoms with Crippen molar-refractivity contribution in [1.29, 1.82) is 5.26 Å². The Morgan fingerprint density at radius 1 is 1.29 bits per heavy atom. The van der Waals surface area contributed by atoms with Crippen molar-refractivity contribution >= 4 is 5.69 Å². The molecule has 0 saturated carbocycles. The van der Waals surface area contributed by atoms with Gasteiger partial charge in [0.1, 0.15) is 0 Å². The van der Waals surface area contributed by atoms with Gasteiger partial charge >= 0.3 is 0 Å². The molecule has 0 saturated heterocycles. The Bertz CT molecular complexity index is 391. The Labute approximate surface area is 104 Å².